The maximum atomic E-state index is 14.5. The molecule has 4 rings (SSSR count). The first-order chi connectivity index (χ1) is 11.0. The van der Waals surface area contributed by atoms with Gasteiger partial charge in [0.05, 0.1) is 13.2 Å². The fraction of sp³-hybridized carbons (Fsp3) is 0.529. The van der Waals surface area contributed by atoms with Crippen LogP contribution < -0.4 is 4.90 Å². The Morgan fingerprint density at radius 2 is 2.09 bits per heavy atom. The highest BCUT2D eigenvalue weighted by molar-refractivity contribution is 6.01. The lowest BCUT2D eigenvalue weighted by atomic mass is 9.88. The lowest BCUT2D eigenvalue weighted by molar-refractivity contribution is -0.117. The van der Waals surface area contributed by atoms with Crippen molar-refractivity contribution < 1.29 is 18.7 Å². The summed E-state index contributed by atoms with van der Waals surface area (Å²) in [6.45, 7) is 4.77. The Kier molecular flexibility index (Phi) is 3.20. The predicted octanol–water partition coefficient (Wildman–Crippen LogP) is 1.94. The lowest BCUT2D eigenvalue weighted by Gasteiger charge is -2.40. The predicted molar refractivity (Wildman–Crippen MR) is 81.7 cm³/mol. The number of carbonyl (C=O) groups excluding carboxylic acids is 2. The Hall–Kier alpha value is -1.95. The minimum atomic E-state index is -0.400. The summed E-state index contributed by atoms with van der Waals surface area (Å²) in [6, 6.07) is 3.05. The van der Waals surface area contributed by atoms with Crippen LogP contribution in [0.3, 0.4) is 0 Å². The van der Waals surface area contributed by atoms with E-state index in [-0.39, 0.29) is 17.2 Å². The van der Waals surface area contributed by atoms with Crippen molar-refractivity contribution in [1.82, 2.24) is 4.90 Å². The number of anilines is 1. The molecule has 23 heavy (non-hydrogen) atoms. The van der Waals surface area contributed by atoms with Crippen LogP contribution >= 0.6 is 0 Å². The molecule has 1 aromatic carbocycles. The Balaban J connectivity index is 1.63. The summed E-state index contributed by atoms with van der Waals surface area (Å²) in [5.74, 6) is -0.561. The van der Waals surface area contributed by atoms with E-state index in [9.17, 15) is 14.0 Å². The molecule has 6 heteroatoms. The molecule has 3 heterocycles. The summed E-state index contributed by atoms with van der Waals surface area (Å²) in [5, 5.41) is 0. The molecule has 3 aliphatic rings. The number of benzene rings is 1. The molecule has 2 fully saturated rings. The summed E-state index contributed by atoms with van der Waals surface area (Å²) >= 11 is 0. The molecular weight excluding hydrogens is 299 g/mol. The van der Waals surface area contributed by atoms with E-state index in [1.807, 2.05) is 0 Å². The molecule has 1 aromatic rings. The normalized spacial score (nSPS) is 22.5. The van der Waals surface area contributed by atoms with E-state index in [2.05, 4.69) is 6.92 Å². The van der Waals surface area contributed by atoms with Crippen molar-refractivity contribution in [1.29, 1.82) is 0 Å². The van der Waals surface area contributed by atoms with Gasteiger partial charge in [-0.15, -0.1) is 0 Å². The number of hydrogen-bond acceptors (Lipinski definition) is 3. The first-order valence-corrected chi connectivity index (χ1v) is 7.97. The van der Waals surface area contributed by atoms with Crippen molar-refractivity contribution in [2.45, 2.75) is 26.3 Å². The van der Waals surface area contributed by atoms with Crippen molar-refractivity contribution >= 4 is 17.5 Å². The lowest BCUT2D eigenvalue weighted by Crippen LogP contribution is -2.48. The third-order valence-corrected chi connectivity index (χ3v) is 4.91. The van der Waals surface area contributed by atoms with Gasteiger partial charge in [-0.2, -0.15) is 0 Å². The summed E-state index contributed by atoms with van der Waals surface area (Å²) in [7, 11) is 0. The number of fused-ring (bicyclic) bond motifs is 1. The van der Waals surface area contributed by atoms with Gasteiger partial charge in [-0.25, -0.2) is 4.39 Å². The molecule has 0 saturated carbocycles. The van der Waals surface area contributed by atoms with E-state index < -0.39 is 5.82 Å². The molecule has 0 unspecified atom stereocenters. The molecule has 5 nitrogen and oxygen atoms in total. The van der Waals surface area contributed by atoms with Gasteiger partial charge in [-0.3, -0.25) is 9.59 Å². The van der Waals surface area contributed by atoms with Crippen molar-refractivity contribution in [2.24, 2.45) is 5.41 Å². The van der Waals surface area contributed by atoms with Crippen LogP contribution in [0.15, 0.2) is 12.1 Å². The topological polar surface area (TPSA) is 49.9 Å². The number of halogens is 1. The van der Waals surface area contributed by atoms with Gasteiger partial charge in [0.2, 0.25) is 5.91 Å². The molecule has 0 aliphatic carbocycles. The third-order valence-electron chi connectivity index (χ3n) is 4.91. The molecule has 0 radical (unpaired) electrons. The van der Waals surface area contributed by atoms with E-state index in [0.29, 0.717) is 56.1 Å². The van der Waals surface area contributed by atoms with E-state index in [1.165, 1.54) is 6.07 Å². The van der Waals surface area contributed by atoms with Gasteiger partial charge in [-0.05, 0) is 18.6 Å². The first-order valence-electron chi connectivity index (χ1n) is 7.97. The molecule has 122 valence electrons. The number of hydrogen-bond donors (Lipinski definition) is 0. The van der Waals surface area contributed by atoms with Gasteiger partial charge in [0.15, 0.2) is 0 Å². The quantitative estimate of drug-likeness (QED) is 0.856. The number of ether oxygens (including phenoxy) is 1. The number of amides is 2. The van der Waals surface area contributed by atoms with Gasteiger partial charge in [0, 0.05) is 48.3 Å². The Morgan fingerprint density at radius 3 is 2.70 bits per heavy atom. The van der Waals surface area contributed by atoms with Crippen molar-refractivity contribution in [3.05, 3.63) is 29.1 Å². The minimum absolute atomic E-state index is 0.00854. The van der Waals surface area contributed by atoms with E-state index in [4.69, 9.17) is 4.74 Å². The maximum Gasteiger partial charge on any atom is 0.254 e. The van der Waals surface area contributed by atoms with Crippen LogP contribution in [0.5, 0.6) is 0 Å². The third kappa shape index (κ3) is 2.32. The highest BCUT2D eigenvalue weighted by Crippen LogP contribution is 2.35. The number of rotatable bonds is 3. The second-order valence-electron chi connectivity index (χ2n) is 7.07. The minimum Gasteiger partial charge on any atom is -0.380 e. The molecule has 0 atom stereocenters. The molecule has 0 aromatic heterocycles. The van der Waals surface area contributed by atoms with Crippen molar-refractivity contribution in [3.8, 4) is 0 Å². The molecular formula is C17H19FN2O3. The standard InChI is InChI=1S/C17H19FN2O3/c1-17(9-23-10-17)8-19-7-13-12(16(19)22)5-11(6-14(13)18)20-4-2-3-15(20)21/h5-6H,2-4,7-10H2,1H3. The van der Waals surface area contributed by atoms with Crippen LogP contribution in [-0.2, 0) is 16.1 Å². The molecule has 2 saturated heterocycles. The zero-order chi connectivity index (χ0) is 16.2. The molecule has 0 spiro atoms. The van der Waals surface area contributed by atoms with Gasteiger partial charge in [0.1, 0.15) is 5.82 Å². The van der Waals surface area contributed by atoms with Crippen LogP contribution in [0, 0.1) is 11.2 Å². The zero-order valence-electron chi connectivity index (χ0n) is 13.1. The van der Waals surface area contributed by atoms with Gasteiger partial charge in [0.25, 0.3) is 5.91 Å². The van der Waals surface area contributed by atoms with E-state index >= 15 is 0 Å². The molecule has 2 amide bonds. The molecule has 3 aliphatic heterocycles. The Morgan fingerprint density at radius 1 is 1.30 bits per heavy atom. The fourth-order valence-corrected chi connectivity index (χ4v) is 3.61. The maximum absolute atomic E-state index is 14.5. The summed E-state index contributed by atoms with van der Waals surface area (Å²) in [5.41, 5.74) is 1.29. The average Bonchev–Trinajstić information content (AvgIpc) is 3.03. The largest absolute Gasteiger partial charge is 0.380 e. The second kappa shape index (κ2) is 5.03. The molecule has 0 N–H and O–H groups in total. The van der Waals surface area contributed by atoms with Crippen LogP contribution in [0.1, 0.15) is 35.7 Å². The Bertz CT molecular complexity index is 699. The number of carbonyl (C=O) groups is 2. The van der Waals surface area contributed by atoms with Crippen LogP contribution in [0.2, 0.25) is 0 Å². The SMILES string of the molecule is CC1(CN2Cc3c(F)cc(N4CCCC4=O)cc3C2=O)COC1. The monoisotopic (exact) mass is 318 g/mol. The zero-order valence-corrected chi connectivity index (χ0v) is 13.1. The number of nitrogens with zero attached hydrogens (tertiary/aromatic N) is 2. The summed E-state index contributed by atoms with van der Waals surface area (Å²) < 4.78 is 19.7. The van der Waals surface area contributed by atoms with Gasteiger partial charge >= 0.3 is 0 Å². The highest BCUT2D eigenvalue weighted by Gasteiger charge is 2.40. The Labute approximate surface area is 134 Å². The van der Waals surface area contributed by atoms with Crippen LogP contribution in [0.25, 0.3) is 0 Å². The average molecular weight is 318 g/mol. The van der Waals surface area contributed by atoms with E-state index in [1.54, 1.807) is 15.9 Å². The smallest absolute Gasteiger partial charge is 0.254 e. The second-order valence-corrected chi connectivity index (χ2v) is 7.07. The summed E-state index contributed by atoms with van der Waals surface area (Å²) in [4.78, 5) is 27.7. The van der Waals surface area contributed by atoms with Crippen LogP contribution in [-0.4, -0.2) is 43.0 Å². The van der Waals surface area contributed by atoms with Crippen LogP contribution in [0.4, 0.5) is 10.1 Å². The highest BCUT2D eigenvalue weighted by atomic mass is 19.1. The summed E-state index contributed by atoms with van der Waals surface area (Å²) in [6.07, 6.45) is 1.26. The van der Waals surface area contributed by atoms with E-state index in [0.717, 1.165) is 6.42 Å². The van der Waals surface area contributed by atoms with Gasteiger partial charge in [-0.1, -0.05) is 6.92 Å². The van der Waals surface area contributed by atoms with Gasteiger partial charge < -0.3 is 14.5 Å². The molecule has 0 bridgehead atoms. The fourth-order valence-electron chi connectivity index (χ4n) is 3.61. The van der Waals surface area contributed by atoms with Crippen molar-refractivity contribution in [3.63, 3.8) is 0 Å². The van der Waals surface area contributed by atoms with Crippen molar-refractivity contribution in [2.75, 3.05) is 31.2 Å². The first kappa shape index (κ1) is 14.6.